The molecule has 2 N–H and O–H groups in total. The van der Waals surface area contributed by atoms with Crippen molar-refractivity contribution in [3.8, 4) is 0 Å². The van der Waals surface area contributed by atoms with Gasteiger partial charge in [0.05, 0.1) is 5.56 Å². The van der Waals surface area contributed by atoms with Crippen LogP contribution in [0.5, 0.6) is 0 Å². The summed E-state index contributed by atoms with van der Waals surface area (Å²) in [4.78, 5) is 35.4. The highest BCUT2D eigenvalue weighted by Crippen LogP contribution is 2.29. The molecule has 26 heavy (non-hydrogen) atoms. The van der Waals surface area contributed by atoms with Crippen LogP contribution in [0.4, 0.5) is 4.39 Å². The van der Waals surface area contributed by atoms with Crippen molar-refractivity contribution in [2.24, 2.45) is 11.8 Å². The monoisotopic (exact) mass is 364 g/mol. The van der Waals surface area contributed by atoms with Crippen molar-refractivity contribution in [2.45, 2.75) is 39.2 Å². The molecule has 0 aromatic heterocycles. The first-order valence-corrected chi connectivity index (χ1v) is 8.86. The number of ether oxygens (including phenoxy) is 1. The maximum atomic E-state index is 13.5. The number of carbonyl (C=O) groups excluding carboxylic acids is 3. The zero-order chi connectivity index (χ0) is 19.1. The molecule has 1 aliphatic carbocycles. The Balaban J connectivity index is 1.70. The molecule has 7 heteroatoms. The highest BCUT2D eigenvalue weighted by Gasteiger charge is 2.28. The Bertz CT molecular complexity index is 665. The molecule has 0 bridgehead atoms. The zero-order valence-electron chi connectivity index (χ0n) is 15.1. The maximum Gasteiger partial charge on any atom is 0.325 e. The van der Waals surface area contributed by atoms with Crippen molar-refractivity contribution in [2.75, 3.05) is 13.2 Å². The molecule has 0 saturated heterocycles. The second-order valence-electron chi connectivity index (χ2n) is 6.76. The van der Waals surface area contributed by atoms with Crippen LogP contribution in [0.2, 0.25) is 0 Å². The van der Waals surface area contributed by atoms with Crippen LogP contribution in [-0.2, 0) is 14.3 Å². The fourth-order valence-electron chi connectivity index (χ4n) is 3.12. The fourth-order valence-corrected chi connectivity index (χ4v) is 3.12. The Morgan fingerprint density at radius 1 is 1.19 bits per heavy atom. The smallest absolute Gasteiger partial charge is 0.325 e. The minimum atomic E-state index is -0.755. The van der Waals surface area contributed by atoms with E-state index in [-0.39, 0.29) is 17.5 Å². The second-order valence-corrected chi connectivity index (χ2v) is 6.76. The van der Waals surface area contributed by atoms with E-state index in [1.807, 2.05) is 0 Å². The predicted molar refractivity (Wildman–Crippen MR) is 93.8 cm³/mol. The standard InChI is InChI=1S/C19H25FN2O4/c1-12-6-5-9-16(13(12)2)22-17(23)11-26-18(24)10-21-19(25)14-7-3-4-8-15(14)20/h3-4,7-8,12-13,16H,5-6,9-11H2,1-2H3,(H,21,25)(H,22,23)/t12-,13+,16-/m1/s1. The van der Waals surface area contributed by atoms with Crippen molar-refractivity contribution < 1.29 is 23.5 Å². The minimum absolute atomic E-state index is 0.0886. The van der Waals surface area contributed by atoms with E-state index in [0.717, 1.165) is 25.3 Å². The van der Waals surface area contributed by atoms with Crippen LogP contribution in [0.25, 0.3) is 0 Å². The van der Waals surface area contributed by atoms with Crippen molar-refractivity contribution in [1.82, 2.24) is 10.6 Å². The SMILES string of the molecule is C[C@H]1[C@H](C)CCC[C@H]1NC(=O)COC(=O)CNC(=O)c1ccccc1F. The molecule has 2 amide bonds. The first-order valence-electron chi connectivity index (χ1n) is 8.86. The number of hydrogen-bond acceptors (Lipinski definition) is 4. The van der Waals surface area contributed by atoms with Gasteiger partial charge in [0.1, 0.15) is 12.4 Å². The summed E-state index contributed by atoms with van der Waals surface area (Å²) in [5, 5.41) is 5.17. The second kappa shape index (κ2) is 9.31. The number of nitrogens with one attached hydrogen (secondary N) is 2. The van der Waals surface area contributed by atoms with Gasteiger partial charge < -0.3 is 15.4 Å². The highest BCUT2D eigenvalue weighted by atomic mass is 19.1. The number of hydrogen-bond donors (Lipinski definition) is 2. The number of rotatable bonds is 6. The summed E-state index contributed by atoms with van der Waals surface area (Å²) in [5.41, 5.74) is -0.154. The third-order valence-electron chi connectivity index (χ3n) is 4.93. The highest BCUT2D eigenvalue weighted by molar-refractivity contribution is 5.96. The molecule has 1 aromatic carbocycles. The van der Waals surface area contributed by atoms with Gasteiger partial charge in [-0.05, 0) is 30.4 Å². The first kappa shape index (κ1) is 19.9. The lowest BCUT2D eigenvalue weighted by Crippen LogP contribution is -2.45. The minimum Gasteiger partial charge on any atom is -0.454 e. The lowest BCUT2D eigenvalue weighted by atomic mass is 9.78. The van der Waals surface area contributed by atoms with Crippen LogP contribution in [0.3, 0.4) is 0 Å². The topological polar surface area (TPSA) is 84.5 Å². The van der Waals surface area contributed by atoms with Gasteiger partial charge in [-0.15, -0.1) is 0 Å². The van der Waals surface area contributed by atoms with Gasteiger partial charge in [0, 0.05) is 6.04 Å². The molecular formula is C19H25FN2O4. The zero-order valence-corrected chi connectivity index (χ0v) is 15.1. The van der Waals surface area contributed by atoms with Gasteiger partial charge in [-0.2, -0.15) is 0 Å². The summed E-state index contributed by atoms with van der Waals surface area (Å²) in [7, 11) is 0. The third-order valence-corrected chi connectivity index (χ3v) is 4.93. The summed E-state index contributed by atoms with van der Waals surface area (Å²) in [6, 6.07) is 5.55. The third kappa shape index (κ3) is 5.54. The molecule has 1 saturated carbocycles. The van der Waals surface area contributed by atoms with E-state index >= 15 is 0 Å². The molecule has 142 valence electrons. The van der Waals surface area contributed by atoms with Crippen molar-refractivity contribution >= 4 is 17.8 Å². The van der Waals surface area contributed by atoms with Crippen molar-refractivity contribution in [1.29, 1.82) is 0 Å². The average Bonchev–Trinajstić information content (AvgIpc) is 2.62. The molecular weight excluding hydrogens is 339 g/mol. The van der Waals surface area contributed by atoms with Crippen LogP contribution in [0, 0.1) is 17.7 Å². The molecule has 0 heterocycles. The van der Waals surface area contributed by atoms with E-state index in [4.69, 9.17) is 4.74 Å². The first-order chi connectivity index (χ1) is 12.4. The van der Waals surface area contributed by atoms with Crippen LogP contribution < -0.4 is 10.6 Å². The Morgan fingerprint density at radius 3 is 2.65 bits per heavy atom. The molecule has 2 rings (SSSR count). The Kier molecular flexibility index (Phi) is 7.12. The number of amides is 2. The molecule has 3 atom stereocenters. The Hall–Kier alpha value is -2.44. The molecule has 0 spiro atoms. The van der Waals surface area contributed by atoms with Crippen LogP contribution >= 0.6 is 0 Å². The van der Waals surface area contributed by atoms with E-state index in [1.165, 1.54) is 18.2 Å². The molecule has 1 aliphatic rings. The Labute approximate surface area is 152 Å². The summed E-state index contributed by atoms with van der Waals surface area (Å²) in [6.07, 6.45) is 3.15. The van der Waals surface area contributed by atoms with Crippen LogP contribution in [0.1, 0.15) is 43.5 Å². The summed E-state index contributed by atoms with van der Waals surface area (Å²) in [5.74, 6) is -1.57. The van der Waals surface area contributed by atoms with Gasteiger partial charge in [0.2, 0.25) is 0 Å². The summed E-state index contributed by atoms with van der Waals surface area (Å²) >= 11 is 0. The van der Waals surface area contributed by atoms with Crippen LogP contribution in [-0.4, -0.2) is 37.0 Å². The van der Waals surface area contributed by atoms with Gasteiger partial charge in [0.25, 0.3) is 11.8 Å². The van der Waals surface area contributed by atoms with Crippen LogP contribution in [0.15, 0.2) is 24.3 Å². The molecule has 0 radical (unpaired) electrons. The van der Waals surface area contributed by atoms with Crippen molar-refractivity contribution in [3.63, 3.8) is 0 Å². The molecule has 0 aliphatic heterocycles. The molecule has 1 fully saturated rings. The number of halogens is 1. The largest absolute Gasteiger partial charge is 0.454 e. The molecule has 6 nitrogen and oxygen atoms in total. The van der Waals surface area contributed by atoms with E-state index in [1.54, 1.807) is 0 Å². The van der Waals surface area contributed by atoms with E-state index in [2.05, 4.69) is 24.5 Å². The number of carbonyl (C=O) groups is 3. The molecule has 1 aromatic rings. The van der Waals surface area contributed by atoms with Gasteiger partial charge >= 0.3 is 5.97 Å². The maximum absolute atomic E-state index is 13.5. The van der Waals surface area contributed by atoms with E-state index < -0.39 is 30.8 Å². The van der Waals surface area contributed by atoms with Gasteiger partial charge in [-0.3, -0.25) is 14.4 Å². The van der Waals surface area contributed by atoms with Gasteiger partial charge in [-0.1, -0.05) is 38.8 Å². The predicted octanol–water partition coefficient (Wildman–Crippen LogP) is 2.04. The van der Waals surface area contributed by atoms with Gasteiger partial charge in [0.15, 0.2) is 6.61 Å². The average molecular weight is 364 g/mol. The van der Waals surface area contributed by atoms with E-state index in [9.17, 15) is 18.8 Å². The lowest BCUT2D eigenvalue weighted by molar-refractivity contribution is -0.147. The fraction of sp³-hybridized carbons (Fsp3) is 0.526. The summed E-state index contributed by atoms with van der Waals surface area (Å²) < 4.78 is 18.3. The quantitative estimate of drug-likeness (QED) is 0.757. The lowest BCUT2D eigenvalue weighted by Gasteiger charge is -2.34. The molecule has 0 unspecified atom stereocenters. The number of benzene rings is 1. The van der Waals surface area contributed by atoms with Gasteiger partial charge in [-0.25, -0.2) is 4.39 Å². The number of esters is 1. The van der Waals surface area contributed by atoms with E-state index in [0.29, 0.717) is 11.8 Å². The Morgan fingerprint density at radius 2 is 1.92 bits per heavy atom. The normalized spacial score (nSPS) is 22.3. The summed E-state index contributed by atoms with van der Waals surface area (Å²) in [6.45, 7) is 3.45. The van der Waals surface area contributed by atoms with Crippen molar-refractivity contribution in [3.05, 3.63) is 35.6 Å².